The molecule has 0 saturated carbocycles. The summed E-state index contributed by atoms with van der Waals surface area (Å²) < 4.78 is 89.2. The van der Waals surface area contributed by atoms with E-state index in [0.29, 0.717) is 0 Å². The maximum atomic E-state index is 14.1. The molecule has 0 saturated heterocycles. The van der Waals surface area contributed by atoms with E-state index in [1.54, 1.807) is 32.0 Å². The average Bonchev–Trinajstić information content (AvgIpc) is 2.78. The Bertz CT molecular complexity index is 919. The van der Waals surface area contributed by atoms with Gasteiger partial charge in [-0.25, -0.2) is 18.3 Å². The topological polar surface area (TPSA) is 66.0 Å². The van der Waals surface area contributed by atoms with Crippen LogP contribution < -0.4 is 14.1 Å². The van der Waals surface area contributed by atoms with E-state index >= 15 is 0 Å². The molecule has 1 N–H and O–H groups in total. The largest absolute Gasteiger partial charge is 0.461 e. The molecule has 0 amide bonds. The number of ether oxygens (including phenoxy) is 2. The Morgan fingerprint density at radius 3 is 2.03 bits per heavy atom. The lowest BCUT2D eigenvalue weighted by atomic mass is 10.1. The van der Waals surface area contributed by atoms with Crippen LogP contribution in [0.2, 0.25) is 0 Å². The summed E-state index contributed by atoms with van der Waals surface area (Å²) in [7, 11) is -1.18. The van der Waals surface area contributed by atoms with Crippen LogP contribution >= 0.6 is 8.53 Å². The van der Waals surface area contributed by atoms with Crippen molar-refractivity contribution in [3.63, 3.8) is 0 Å². The molecule has 2 rings (SSSR count). The number of methoxy groups -OCH3 is 1. The summed E-state index contributed by atoms with van der Waals surface area (Å²) in [4.78, 5) is 12.3. The normalized spacial score (nSPS) is 13.4. The lowest BCUT2D eigenvalue weighted by Crippen LogP contribution is -2.38. The number of carbonyl (C=O) groups excluding carboxylic acids is 1. The third-order valence-corrected chi connectivity index (χ3v) is 5.37. The minimum atomic E-state index is -2.61. The van der Waals surface area contributed by atoms with Crippen LogP contribution in [-0.2, 0) is 14.3 Å². The van der Waals surface area contributed by atoms with Gasteiger partial charge in [-0.1, -0.05) is 18.2 Å². The maximum absolute atomic E-state index is 14.1. The van der Waals surface area contributed by atoms with Gasteiger partial charge in [0.1, 0.15) is 18.4 Å². The Balaban J connectivity index is 2.25. The van der Waals surface area contributed by atoms with E-state index < -0.39 is 61.0 Å². The number of halogens is 5. The molecule has 2 aromatic carbocycles. The van der Waals surface area contributed by atoms with Crippen molar-refractivity contribution >= 4 is 14.5 Å². The molecular formula is C20H21F5NO5P. The van der Waals surface area contributed by atoms with Gasteiger partial charge in [-0.2, -0.15) is 8.78 Å². The fourth-order valence-corrected chi connectivity index (χ4v) is 3.24. The number of benzene rings is 2. The Morgan fingerprint density at radius 1 is 0.969 bits per heavy atom. The first-order valence-electron chi connectivity index (χ1n) is 9.17. The summed E-state index contributed by atoms with van der Waals surface area (Å²) in [5.41, 5.74) is -0.771. The Morgan fingerprint density at radius 2 is 1.50 bits per heavy atom. The minimum Gasteiger partial charge on any atom is -0.461 e. The van der Waals surface area contributed by atoms with Crippen LogP contribution in [0.25, 0.3) is 0 Å². The summed E-state index contributed by atoms with van der Waals surface area (Å²) in [5.74, 6) is -13.2. The average molecular weight is 481 g/mol. The van der Waals surface area contributed by atoms with E-state index in [2.05, 4.69) is 5.09 Å². The van der Waals surface area contributed by atoms with Gasteiger partial charge < -0.3 is 18.5 Å². The number of hydrogen-bond acceptors (Lipinski definition) is 6. The standard InChI is InChI=1S/C20H21F5NO5P/c1-11(19(27)29-10-20(2,3)28-4)26-32(30-12-8-6-5-7-9-12)31-18-16(24)14(22)13(21)15(23)17(18)25/h5-9,11,26H,10H2,1-4H3/t11-,32?/m0/s1. The highest BCUT2D eigenvalue weighted by Crippen LogP contribution is 2.41. The summed E-state index contributed by atoms with van der Waals surface area (Å²) in [6.07, 6.45) is 0. The highest BCUT2D eigenvalue weighted by Gasteiger charge is 2.32. The highest BCUT2D eigenvalue weighted by atomic mass is 31.2. The quantitative estimate of drug-likeness (QED) is 0.169. The van der Waals surface area contributed by atoms with Crippen LogP contribution in [-0.4, -0.2) is 31.3 Å². The van der Waals surface area contributed by atoms with Crippen LogP contribution in [0.1, 0.15) is 20.8 Å². The number of nitrogens with one attached hydrogen (secondary N) is 1. The zero-order chi connectivity index (χ0) is 24.1. The van der Waals surface area contributed by atoms with Crippen LogP contribution in [0.4, 0.5) is 22.0 Å². The molecule has 0 aliphatic rings. The molecule has 0 aliphatic heterocycles. The second-order valence-corrected chi connectivity index (χ2v) is 8.21. The van der Waals surface area contributed by atoms with E-state index in [1.165, 1.54) is 26.2 Å². The van der Waals surface area contributed by atoms with E-state index in [-0.39, 0.29) is 12.4 Å². The summed E-state index contributed by atoms with van der Waals surface area (Å²) in [6, 6.07) is 6.59. The van der Waals surface area contributed by atoms with Gasteiger partial charge in [0.2, 0.25) is 34.8 Å². The van der Waals surface area contributed by atoms with Crippen molar-refractivity contribution < 1.29 is 45.3 Å². The molecule has 32 heavy (non-hydrogen) atoms. The highest BCUT2D eigenvalue weighted by molar-refractivity contribution is 7.45. The minimum absolute atomic E-state index is 0.107. The van der Waals surface area contributed by atoms with E-state index in [0.717, 1.165) is 0 Å². The van der Waals surface area contributed by atoms with E-state index in [9.17, 15) is 26.7 Å². The smallest absolute Gasteiger partial charge is 0.382 e. The predicted molar refractivity (Wildman–Crippen MR) is 105 cm³/mol. The van der Waals surface area contributed by atoms with Gasteiger partial charge in [-0.3, -0.25) is 4.79 Å². The lowest BCUT2D eigenvalue weighted by Gasteiger charge is -2.25. The molecular weight excluding hydrogens is 460 g/mol. The summed E-state index contributed by atoms with van der Waals surface area (Å²) in [5, 5.41) is 2.51. The van der Waals surface area contributed by atoms with Crippen molar-refractivity contribution in [3.8, 4) is 11.5 Å². The Hall–Kier alpha value is -2.49. The van der Waals surface area contributed by atoms with Gasteiger partial charge in [0.25, 0.3) is 0 Å². The van der Waals surface area contributed by atoms with Crippen molar-refractivity contribution in [2.75, 3.05) is 13.7 Å². The van der Waals surface area contributed by atoms with Gasteiger partial charge in [-0.15, -0.1) is 0 Å². The maximum Gasteiger partial charge on any atom is 0.382 e. The zero-order valence-corrected chi connectivity index (χ0v) is 18.4. The monoisotopic (exact) mass is 481 g/mol. The third-order valence-electron chi connectivity index (χ3n) is 4.04. The van der Waals surface area contributed by atoms with E-state index in [4.69, 9.17) is 18.5 Å². The van der Waals surface area contributed by atoms with Crippen molar-refractivity contribution in [1.82, 2.24) is 5.09 Å². The molecule has 0 spiro atoms. The molecule has 0 heterocycles. The molecule has 0 radical (unpaired) electrons. The molecule has 2 atom stereocenters. The second kappa shape index (κ2) is 10.9. The van der Waals surface area contributed by atoms with Gasteiger partial charge in [0, 0.05) is 7.11 Å². The van der Waals surface area contributed by atoms with Crippen molar-refractivity contribution in [1.29, 1.82) is 0 Å². The molecule has 2 aromatic rings. The number of carbonyl (C=O) groups is 1. The summed E-state index contributed by atoms with van der Waals surface area (Å²) in [6.45, 7) is 4.59. The van der Waals surface area contributed by atoms with Crippen LogP contribution in [0.15, 0.2) is 30.3 Å². The van der Waals surface area contributed by atoms with Crippen molar-refractivity contribution in [2.24, 2.45) is 0 Å². The zero-order valence-electron chi connectivity index (χ0n) is 17.5. The number of para-hydroxylation sites is 1. The van der Waals surface area contributed by atoms with E-state index in [1.807, 2.05) is 0 Å². The van der Waals surface area contributed by atoms with Gasteiger partial charge in [0.05, 0.1) is 5.60 Å². The van der Waals surface area contributed by atoms with Crippen LogP contribution in [0.5, 0.6) is 11.5 Å². The molecule has 6 nitrogen and oxygen atoms in total. The first-order valence-corrected chi connectivity index (χ1v) is 10.3. The van der Waals surface area contributed by atoms with Gasteiger partial charge >= 0.3 is 14.5 Å². The van der Waals surface area contributed by atoms with Gasteiger partial charge in [0.15, 0.2) is 0 Å². The van der Waals surface area contributed by atoms with Crippen molar-refractivity contribution in [3.05, 3.63) is 59.4 Å². The Kier molecular flexibility index (Phi) is 8.77. The molecule has 0 bridgehead atoms. The molecule has 0 aliphatic carbocycles. The lowest BCUT2D eigenvalue weighted by molar-refractivity contribution is -0.152. The molecule has 1 unspecified atom stereocenters. The number of rotatable bonds is 10. The summed E-state index contributed by atoms with van der Waals surface area (Å²) >= 11 is 0. The molecule has 0 fully saturated rings. The fourth-order valence-electron chi connectivity index (χ4n) is 2.04. The fraction of sp³-hybridized carbons (Fsp3) is 0.350. The van der Waals surface area contributed by atoms with Crippen LogP contribution in [0, 0.1) is 29.1 Å². The molecule has 0 aromatic heterocycles. The Labute approximate surface area is 182 Å². The SMILES string of the molecule is COC(C)(C)COC(=O)[C@H](C)NP(Oc1ccccc1)Oc1c(F)c(F)c(F)c(F)c1F. The second-order valence-electron chi connectivity index (χ2n) is 7.07. The molecule has 12 heteroatoms. The predicted octanol–water partition coefficient (Wildman–Crippen LogP) is 5.01. The first-order chi connectivity index (χ1) is 15.0. The van der Waals surface area contributed by atoms with Crippen LogP contribution in [0.3, 0.4) is 0 Å². The first kappa shape index (κ1) is 25.8. The number of hydrogen-bond donors (Lipinski definition) is 1. The number of esters is 1. The van der Waals surface area contributed by atoms with Crippen molar-refractivity contribution in [2.45, 2.75) is 32.4 Å². The van der Waals surface area contributed by atoms with Gasteiger partial charge in [-0.05, 0) is 32.9 Å². The molecule has 176 valence electrons. The third kappa shape index (κ3) is 6.51.